The molecule has 0 atom stereocenters. The maximum atomic E-state index is 5.67. The number of rotatable bonds is 2. The van der Waals surface area contributed by atoms with E-state index in [1.807, 2.05) is 0 Å². The molecule has 0 spiro atoms. The van der Waals surface area contributed by atoms with Gasteiger partial charge in [-0.05, 0) is 52.4 Å². The van der Waals surface area contributed by atoms with Gasteiger partial charge in [0.15, 0.2) is 0 Å². The minimum atomic E-state index is 0.603. The van der Waals surface area contributed by atoms with E-state index in [9.17, 15) is 0 Å². The molecule has 0 bridgehead atoms. The van der Waals surface area contributed by atoms with E-state index in [2.05, 4.69) is 54.6 Å². The topological polar surface area (TPSA) is 26.0 Å². The van der Waals surface area contributed by atoms with E-state index in [0.29, 0.717) is 6.54 Å². The highest BCUT2D eigenvalue weighted by Crippen LogP contribution is 2.25. The zero-order valence-corrected chi connectivity index (χ0v) is 10.4. The van der Waals surface area contributed by atoms with E-state index in [1.54, 1.807) is 0 Å². The van der Waals surface area contributed by atoms with Crippen LogP contribution in [0.1, 0.15) is 24.0 Å². The molecule has 1 nitrogen and oxygen atoms in total. The maximum Gasteiger partial charge on any atom is 0.0178 e. The highest BCUT2D eigenvalue weighted by atomic mass is 14.5. The Labute approximate surface area is 108 Å². The van der Waals surface area contributed by atoms with Crippen LogP contribution in [0.5, 0.6) is 0 Å². The van der Waals surface area contributed by atoms with Crippen molar-refractivity contribution in [2.24, 2.45) is 5.73 Å². The van der Waals surface area contributed by atoms with Gasteiger partial charge < -0.3 is 5.73 Å². The second kappa shape index (κ2) is 4.79. The fourth-order valence-corrected chi connectivity index (χ4v) is 2.43. The van der Waals surface area contributed by atoms with Crippen molar-refractivity contribution in [2.45, 2.75) is 19.4 Å². The first-order valence-corrected chi connectivity index (χ1v) is 6.47. The van der Waals surface area contributed by atoms with Crippen molar-refractivity contribution in [3.8, 4) is 0 Å². The van der Waals surface area contributed by atoms with Crippen molar-refractivity contribution >= 4 is 16.3 Å². The molecule has 2 aromatic carbocycles. The van der Waals surface area contributed by atoms with Gasteiger partial charge in [-0.25, -0.2) is 0 Å². The number of hydrogen-bond donors (Lipinski definition) is 1. The zero-order chi connectivity index (χ0) is 12.4. The molecule has 0 amide bonds. The fraction of sp³-hybridized carbons (Fsp3) is 0.176. The van der Waals surface area contributed by atoms with E-state index < -0.39 is 0 Å². The van der Waals surface area contributed by atoms with Crippen LogP contribution in [0, 0.1) is 0 Å². The average molecular weight is 235 g/mol. The van der Waals surface area contributed by atoms with Gasteiger partial charge in [-0.1, -0.05) is 42.5 Å². The third kappa shape index (κ3) is 2.09. The molecule has 1 heteroatoms. The van der Waals surface area contributed by atoms with Crippen molar-refractivity contribution in [2.75, 3.05) is 0 Å². The number of fused-ring (bicyclic) bond motifs is 1. The number of allylic oxidation sites excluding steroid dienone is 4. The summed E-state index contributed by atoms with van der Waals surface area (Å²) in [5.74, 6) is 0. The van der Waals surface area contributed by atoms with Crippen LogP contribution in [-0.2, 0) is 6.54 Å². The van der Waals surface area contributed by atoms with Crippen molar-refractivity contribution in [1.29, 1.82) is 0 Å². The molecule has 18 heavy (non-hydrogen) atoms. The molecule has 0 saturated heterocycles. The molecule has 0 heterocycles. The number of nitrogens with two attached hydrogens (primary N) is 1. The summed E-state index contributed by atoms with van der Waals surface area (Å²) in [5.41, 5.74) is 9.50. The normalized spacial score (nSPS) is 14.8. The Kier molecular flexibility index (Phi) is 2.99. The summed E-state index contributed by atoms with van der Waals surface area (Å²) < 4.78 is 0. The molecule has 2 N–H and O–H groups in total. The van der Waals surface area contributed by atoms with E-state index in [-0.39, 0.29) is 0 Å². The van der Waals surface area contributed by atoms with Gasteiger partial charge in [0.05, 0.1) is 0 Å². The molecule has 1 aliphatic carbocycles. The lowest BCUT2D eigenvalue weighted by atomic mass is 9.96. The Morgan fingerprint density at radius 3 is 2.56 bits per heavy atom. The maximum absolute atomic E-state index is 5.67. The molecular formula is C17H17N. The molecule has 3 rings (SSSR count). The van der Waals surface area contributed by atoms with Crippen LogP contribution in [-0.4, -0.2) is 0 Å². The molecule has 2 aromatic rings. The van der Waals surface area contributed by atoms with Crippen LogP contribution in [0.15, 0.2) is 54.6 Å². The van der Waals surface area contributed by atoms with Gasteiger partial charge in [0.2, 0.25) is 0 Å². The van der Waals surface area contributed by atoms with Crippen LogP contribution in [0.3, 0.4) is 0 Å². The van der Waals surface area contributed by atoms with Gasteiger partial charge in [0, 0.05) is 6.54 Å². The monoisotopic (exact) mass is 235 g/mol. The molecular weight excluding hydrogens is 218 g/mol. The summed E-state index contributed by atoms with van der Waals surface area (Å²) in [4.78, 5) is 0. The summed E-state index contributed by atoms with van der Waals surface area (Å²) >= 11 is 0. The highest BCUT2D eigenvalue weighted by Gasteiger charge is 2.03. The third-order valence-corrected chi connectivity index (χ3v) is 3.47. The smallest absolute Gasteiger partial charge is 0.0178 e. The van der Waals surface area contributed by atoms with Crippen LogP contribution < -0.4 is 5.73 Å². The highest BCUT2D eigenvalue weighted by molar-refractivity contribution is 5.88. The SMILES string of the molecule is NCc1ccc2cc(C3=CCCC=C3)ccc2c1. The molecule has 0 aromatic heterocycles. The lowest BCUT2D eigenvalue weighted by Crippen LogP contribution is -1.95. The van der Waals surface area contributed by atoms with Gasteiger partial charge in [-0.2, -0.15) is 0 Å². The fourth-order valence-electron chi connectivity index (χ4n) is 2.43. The Balaban J connectivity index is 2.06. The largest absolute Gasteiger partial charge is 0.326 e. The van der Waals surface area contributed by atoms with Gasteiger partial charge in [-0.3, -0.25) is 0 Å². The second-order valence-electron chi connectivity index (χ2n) is 4.74. The van der Waals surface area contributed by atoms with Crippen LogP contribution in [0.4, 0.5) is 0 Å². The minimum Gasteiger partial charge on any atom is -0.326 e. The van der Waals surface area contributed by atoms with Gasteiger partial charge in [0.1, 0.15) is 0 Å². The number of benzene rings is 2. The van der Waals surface area contributed by atoms with Crippen molar-refractivity contribution in [1.82, 2.24) is 0 Å². The first-order valence-electron chi connectivity index (χ1n) is 6.47. The van der Waals surface area contributed by atoms with E-state index in [1.165, 1.54) is 27.5 Å². The number of hydrogen-bond acceptors (Lipinski definition) is 1. The quantitative estimate of drug-likeness (QED) is 0.835. The summed E-state index contributed by atoms with van der Waals surface area (Å²) in [7, 11) is 0. The molecule has 1 aliphatic rings. The Bertz CT molecular complexity index is 635. The van der Waals surface area contributed by atoms with Gasteiger partial charge in [0.25, 0.3) is 0 Å². The summed E-state index contributed by atoms with van der Waals surface area (Å²) in [6.45, 7) is 0.603. The molecule has 0 radical (unpaired) electrons. The van der Waals surface area contributed by atoms with Crippen molar-refractivity contribution < 1.29 is 0 Å². The van der Waals surface area contributed by atoms with E-state index in [4.69, 9.17) is 5.73 Å². The van der Waals surface area contributed by atoms with Crippen LogP contribution >= 0.6 is 0 Å². The van der Waals surface area contributed by atoms with Crippen LogP contribution in [0.25, 0.3) is 16.3 Å². The predicted octanol–water partition coefficient (Wildman–Crippen LogP) is 4.03. The Hall–Kier alpha value is -1.86. The Morgan fingerprint density at radius 1 is 0.944 bits per heavy atom. The van der Waals surface area contributed by atoms with Gasteiger partial charge >= 0.3 is 0 Å². The van der Waals surface area contributed by atoms with Crippen molar-refractivity contribution in [3.63, 3.8) is 0 Å². The molecule has 90 valence electrons. The predicted molar refractivity (Wildman–Crippen MR) is 78.2 cm³/mol. The van der Waals surface area contributed by atoms with Gasteiger partial charge in [-0.15, -0.1) is 0 Å². The second-order valence-corrected chi connectivity index (χ2v) is 4.74. The molecule has 0 aliphatic heterocycles. The lowest BCUT2D eigenvalue weighted by Gasteiger charge is -2.09. The van der Waals surface area contributed by atoms with E-state index in [0.717, 1.165) is 12.8 Å². The standard InChI is InChI=1S/C17H17N/c18-12-13-6-7-17-11-16(9-8-15(17)10-13)14-4-2-1-3-5-14/h2,4-11H,1,3,12,18H2. The van der Waals surface area contributed by atoms with Crippen LogP contribution in [0.2, 0.25) is 0 Å². The first-order chi connectivity index (χ1) is 8.86. The molecule has 0 unspecified atom stereocenters. The first kappa shape index (κ1) is 11.2. The zero-order valence-electron chi connectivity index (χ0n) is 10.4. The Morgan fingerprint density at radius 2 is 1.78 bits per heavy atom. The third-order valence-electron chi connectivity index (χ3n) is 3.47. The summed E-state index contributed by atoms with van der Waals surface area (Å²) in [6.07, 6.45) is 9.10. The van der Waals surface area contributed by atoms with Crippen molar-refractivity contribution in [3.05, 3.63) is 65.8 Å². The summed E-state index contributed by atoms with van der Waals surface area (Å²) in [5, 5.41) is 2.55. The molecule has 0 fully saturated rings. The lowest BCUT2D eigenvalue weighted by molar-refractivity contribution is 1.04. The average Bonchev–Trinajstić information content (AvgIpc) is 2.47. The van der Waals surface area contributed by atoms with E-state index >= 15 is 0 Å². The summed E-state index contributed by atoms with van der Waals surface area (Å²) in [6, 6.07) is 13.1. The minimum absolute atomic E-state index is 0.603. The molecule has 0 saturated carbocycles.